The Labute approximate surface area is 192 Å². The highest BCUT2D eigenvalue weighted by Gasteiger charge is 2.56. The topological polar surface area (TPSA) is 115 Å². The number of aromatic nitrogens is 7. The van der Waals surface area contributed by atoms with Crippen LogP contribution in [0.1, 0.15) is 37.7 Å². The summed E-state index contributed by atoms with van der Waals surface area (Å²) < 4.78 is 4.36. The van der Waals surface area contributed by atoms with Gasteiger partial charge in [-0.25, -0.2) is 19.3 Å². The van der Waals surface area contributed by atoms with Crippen molar-refractivity contribution in [3.05, 3.63) is 40.8 Å². The van der Waals surface area contributed by atoms with Crippen LogP contribution in [0.3, 0.4) is 0 Å². The summed E-state index contributed by atoms with van der Waals surface area (Å²) in [5.41, 5.74) is 1.29. The van der Waals surface area contributed by atoms with Crippen LogP contribution in [0.25, 0.3) is 16.8 Å². The molecule has 2 saturated carbocycles. The van der Waals surface area contributed by atoms with E-state index < -0.39 is 22.1 Å². The highest BCUT2D eigenvalue weighted by Crippen LogP contribution is 2.55. The number of hydrogen-bond donors (Lipinski definition) is 2. The molecule has 2 aliphatic carbocycles. The lowest BCUT2D eigenvalue weighted by atomic mass is 9.49. The van der Waals surface area contributed by atoms with Crippen molar-refractivity contribution in [1.29, 1.82) is 0 Å². The molecule has 0 aromatic carbocycles. The van der Waals surface area contributed by atoms with Crippen molar-refractivity contribution in [1.82, 2.24) is 33.7 Å². The zero-order valence-corrected chi connectivity index (χ0v) is 18.1. The third-order valence-corrected chi connectivity index (χ3v) is 7.09. The van der Waals surface area contributed by atoms with Crippen molar-refractivity contribution in [2.75, 3.05) is 5.32 Å². The van der Waals surface area contributed by atoms with Gasteiger partial charge < -0.3 is 15.0 Å². The van der Waals surface area contributed by atoms with Crippen LogP contribution in [0.15, 0.2) is 29.6 Å². The van der Waals surface area contributed by atoms with E-state index in [1.165, 1.54) is 12.5 Å². The van der Waals surface area contributed by atoms with E-state index in [0.29, 0.717) is 43.3 Å². The summed E-state index contributed by atoms with van der Waals surface area (Å²) in [4.78, 5) is 26.8. The van der Waals surface area contributed by atoms with E-state index >= 15 is 0 Å². The van der Waals surface area contributed by atoms with Gasteiger partial charge in [-0.05, 0) is 50.7 Å². The van der Waals surface area contributed by atoms with E-state index in [-0.39, 0.29) is 5.95 Å². The van der Waals surface area contributed by atoms with E-state index in [2.05, 4.69) is 25.4 Å². The maximum absolute atomic E-state index is 13.5. The van der Waals surface area contributed by atoms with Gasteiger partial charge in [0.15, 0.2) is 11.3 Å². The quantitative estimate of drug-likeness (QED) is 0.439. The summed E-state index contributed by atoms with van der Waals surface area (Å²) in [7, 11) is 17.8. The minimum Gasteiger partial charge on any atom is -0.390 e. The predicted octanol–water partition coefficient (Wildman–Crippen LogP) is 0.165. The van der Waals surface area contributed by atoms with Crippen molar-refractivity contribution in [3.63, 3.8) is 0 Å². The Morgan fingerprint density at radius 3 is 2.61 bits per heavy atom. The largest absolute Gasteiger partial charge is 0.390 e. The maximum Gasteiger partial charge on any atom is 0.329 e. The number of pyridine rings is 1. The van der Waals surface area contributed by atoms with Crippen LogP contribution in [0, 0.1) is 6.92 Å². The van der Waals surface area contributed by atoms with Gasteiger partial charge in [-0.15, -0.1) is 0 Å². The number of nitrogens with one attached hydrogen (secondary N) is 1. The number of fused-ring (bicyclic) bond motifs is 4. The Kier molecular flexibility index (Phi) is 4.04. The van der Waals surface area contributed by atoms with Crippen LogP contribution in [-0.4, -0.2) is 67.9 Å². The summed E-state index contributed by atoms with van der Waals surface area (Å²) in [6.45, 7) is 1.93. The molecule has 10 nitrogen and oxygen atoms in total. The van der Waals surface area contributed by atoms with E-state index in [1.54, 1.807) is 15.3 Å². The number of hydrogen-bond acceptors (Lipinski definition) is 7. The highest BCUT2D eigenvalue weighted by molar-refractivity contribution is 6.56. The highest BCUT2D eigenvalue weighted by atomic mass is 16.3. The molecule has 2 N–H and O–H groups in total. The fraction of sp³-hybridized carbons (Fsp3) is 0.450. The lowest BCUT2D eigenvalue weighted by molar-refractivity contribution is 0.0521. The van der Waals surface area contributed by atoms with Crippen LogP contribution >= 0.6 is 0 Å². The average Bonchev–Trinajstić information content (AvgIpc) is 3.47. The molecule has 6 radical (unpaired) electrons. The van der Waals surface area contributed by atoms with Crippen LogP contribution in [-0.2, 0) is 10.8 Å². The Bertz CT molecular complexity index is 1480. The second-order valence-corrected chi connectivity index (χ2v) is 9.43. The molecule has 0 aliphatic heterocycles. The van der Waals surface area contributed by atoms with Gasteiger partial charge in [0.1, 0.15) is 11.8 Å². The molecule has 2 bridgehead atoms. The third kappa shape index (κ3) is 2.98. The number of imidazole rings is 1. The molecule has 0 unspecified atom stereocenters. The first-order valence-electron chi connectivity index (χ1n) is 10.8. The maximum atomic E-state index is 13.5. The van der Waals surface area contributed by atoms with E-state index in [1.807, 2.05) is 13.0 Å². The van der Waals surface area contributed by atoms with E-state index in [4.69, 9.17) is 23.5 Å². The first kappa shape index (κ1) is 20.5. The zero-order valence-electron chi connectivity index (χ0n) is 18.1. The van der Waals surface area contributed by atoms with Crippen molar-refractivity contribution in [2.45, 2.75) is 55.4 Å². The van der Waals surface area contributed by atoms with Gasteiger partial charge in [-0.2, -0.15) is 10.1 Å². The first-order valence-corrected chi connectivity index (χ1v) is 10.8. The molecule has 160 valence electrons. The van der Waals surface area contributed by atoms with E-state index in [9.17, 15) is 9.90 Å². The summed E-state index contributed by atoms with van der Waals surface area (Å²) in [6, 6.07) is 1.89. The molecule has 0 atom stereocenters. The van der Waals surface area contributed by atoms with Crippen molar-refractivity contribution in [3.8, 4) is 0 Å². The fourth-order valence-electron chi connectivity index (χ4n) is 5.50. The number of aliphatic hydroxyl groups is 1. The molecule has 2 aliphatic rings. The number of aryl methyl sites for hydroxylation is 1. The Balaban J connectivity index is 1.52. The molecule has 0 saturated heterocycles. The van der Waals surface area contributed by atoms with Gasteiger partial charge in [0.05, 0.1) is 52.8 Å². The van der Waals surface area contributed by atoms with Crippen molar-refractivity contribution < 1.29 is 5.11 Å². The Morgan fingerprint density at radius 2 is 1.94 bits per heavy atom. The van der Waals surface area contributed by atoms with Gasteiger partial charge in [0, 0.05) is 0 Å². The monoisotopic (exact) mass is 436 g/mol. The molecule has 0 amide bonds. The second kappa shape index (κ2) is 6.50. The van der Waals surface area contributed by atoms with Crippen LogP contribution < -0.4 is 11.0 Å². The predicted molar refractivity (Wildman–Crippen MR) is 124 cm³/mol. The number of nitrogens with zero attached hydrogens (tertiary/aromatic N) is 7. The molecular formula is C20H19B3N8O2. The molecule has 6 rings (SSSR count). The Hall–Kier alpha value is -3.08. The van der Waals surface area contributed by atoms with Gasteiger partial charge in [-0.1, -0.05) is 5.24 Å². The smallest absolute Gasteiger partial charge is 0.329 e. The molecule has 2 fully saturated rings. The number of rotatable bonds is 4. The van der Waals surface area contributed by atoms with Gasteiger partial charge in [-0.3, -0.25) is 4.57 Å². The summed E-state index contributed by atoms with van der Waals surface area (Å²) in [5.74, 6) is 0.287. The van der Waals surface area contributed by atoms with Crippen molar-refractivity contribution >= 4 is 52.0 Å². The zero-order chi connectivity index (χ0) is 23.2. The van der Waals surface area contributed by atoms with Crippen LogP contribution in [0.4, 0.5) is 11.6 Å². The molecule has 4 heterocycles. The lowest BCUT2D eigenvalue weighted by Crippen LogP contribution is -2.46. The Morgan fingerprint density at radius 1 is 1.18 bits per heavy atom. The van der Waals surface area contributed by atoms with Crippen LogP contribution in [0.2, 0.25) is 0 Å². The molecule has 4 aromatic heterocycles. The van der Waals surface area contributed by atoms with Gasteiger partial charge >= 0.3 is 5.69 Å². The molecule has 33 heavy (non-hydrogen) atoms. The fourth-order valence-corrected chi connectivity index (χ4v) is 5.50. The number of anilines is 2. The van der Waals surface area contributed by atoms with Gasteiger partial charge in [0.2, 0.25) is 5.95 Å². The van der Waals surface area contributed by atoms with E-state index in [0.717, 1.165) is 21.5 Å². The lowest BCUT2D eigenvalue weighted by Gasteiger charge is -2.28. The summed E-state index contributed by atoms with van der Waals surface area (Å²) in [5, 5.41) is 16.2. The minimum absolute atomic E-state index is 0.287. The van der Waals surface area contributed by atoms with Gasteiger partial charge in [0.25, 0.3) is 0 Å². The molecule has 4 aromatic rings. The summed E-state index contributed by atoms with van der Waals surface area (Å²) >= 11 is 0. The minimum atomic E-state index is -1.93. The van der Waals surface area contributed by atoms with Crippen molar-refractivity contribution in [2.24, 2.45) is 0 Å². The average molecular weight is 436 g/mol. The summed E-state index contributed by atoms with van der Waals surface area (Å²) in [6.07, 6.45) is 7.79. The standard InChI is InChI=1S/C20H19B3N8O2/c1-11-6-14-25-10-26-29(14)8-12(11)27-16-24-7-13-15(28-16)31(17(32)30(13)20(21,22)23)18-2-4-19(33,9-18)5-3-18/h6-8,10,33H,2-5,9H2,1H3,(H,24,27,28). The SMILES string of the molecule is [B]C([B])([B])n1c(=O)n(C23CCC(O)(CC2)C3)c2nc(Nc3cn4ncnc4cc3C)ncc21. The molecule has 13 heteroatoms. The third-order valence-electron chi connectivity index (χ3n) is 7.09. The molecule has 0 spiro atoms. The van der Waals surface area contributed by atoms with Crippen LogP contribution in [0.5, 0.6) is 0 Å². The normalized spacial score (nSPS) is 24.8. The molecular weight excluding hydrogens is 417 g/mol. The first-order chi connectivity index (χ1) is 15.6. The second-order valence-electron chi connectivity index (χ2n) is 9.43.